The molecule has 0 saturated carbocycles. The molecule has 6 aromatic heterocycles. The molecule has 0 saturated heterocycles. The Balaban J connectivity index is 0.738. The molecule has 8 nitrogen and oxygen atoms in total. The first-order chi connectivity index (χ1) is 46.5. The Morgan fingerprint density at radius 3 is 1.35 bits per heavy atom. The number of para-hydroxylation sites is 6. The fourth-order valence-corrected chi connectivity index (χ4v) is 15.6. The Morgan fingerprint density at radius 1 is 0.266 bits per heavy atom. The van der Waals surface area contributed by atoms with Gasteiger partial charge in [0.15, 0.2) is 0 Å². The van der Waals surface area contributed by atoms with Crippen molar-refractivity contribution in [2.75, 3.05) is 0 Å². The standard InChI is InChI=1S/C86H48N6O2/c87-49-51-29-41-73(68(45-51)54-32-37-66-78(47-54)89(57-16-2-1-3-17-57)76-43-39-64-62-21-7-12-27-80(62)93-85(64)83(66)76)91-72-25-11-6-20-61(72)69-46-53(34-42-74(69)91)52-30-35-58(36-31-52)90-77-44-40-65-63-22-8-13-28-81(63)94-86(65)84(77)67-38-33-55(48-79(67)90)82-56(50-88)15-14-26-75(82)92-70-23-9-4-18-59(70)60-19-5-10-24-71(60)92/h1-48H. The van der Waals surface area contributed by atoms with Gasteiger partial charge in [-0.25, -0.2) is 0 Å². The van der Waals surface area contributed by atoms with E-state index in [-0.39, 0.29) is 0 Å². The van der Waals surface area contributed by atoms with Crippen molar-refractivity contribution in [3.8, 4) is 68.3 Å². The van der Waals surface area contributed by atoms with Crippen LogP contribution in [0.25, 0.3) is 187 Å². The van der Waals surface area contributed by atoms with Crippen molar-refractivity contribution in [1.29, 1.82) is 10.5 Å². The summed E-state index contributed by atoms with van der Waals surface area (Å²) in [5, 5.41) is 34.6. The van der Waals surface area contributed by atoms with Gasteiger partial charge in [-0.1, -0.05) is 158 Å². The second kappa shape index (κ2) is 19.7. The summed E-state index contributed by atoms with van der Waals surface area (Å²) in [6, 6.07) is 108. The fraction of sp³-hybridized carbons (Fsp3) is 0. The maximum atomic E-state index is 11.0. The van der Waals surface area contributed by atoms with Gasteiger partial charge < -0.3 is 27.1 Å². The number of benzene rings is 14. The number of hydrogen-bond donors (Lipinski definition) is 0. The van der Waals surface area contributed by atoms with Crippen LogP contribution >= 0.6 is 0 Å². The molecule has 8 heteroatoms. The van der Waals surface area contributed by atoms with Crippen LogP contribution in [0.3, 0.4) is 0 Å². The van der Waals surface area contributed by atoms with Gasteiger partial charge in [-0.2, -0.15) is 10.5 Å². The predicted molar refractivity (Wildman–Crippen MR) is 384 cm³/mol. The largest absolute Gasteiger partial charge is 0.455 e. The maximum Gasteiger partial charge on any atom is 0.145 e. The van der Waals surface area contributed by atoms with E-state index in [1.54, 1.807) is 0 Å². The van der Waals surface area contributed by atoms with Gasteiger partial charge >= 0.3 is 0 Å². The zero-order chi connectivity index (χ0) is 61.9. The smallest absolute Gasteiger partial charge is 0.145 e. The molecule has 0 amide bonds. The Labute approximate surface area is 536 Å². The highest BCUT2D eigenvalue weighted by molar-refractivity contribution is 6.26. The summed E-state index contributed by atoms with van der Waals surface area (Å²) in [5.41, 5.74) is 22.8. The van der Waals surface area contributed by atoms with E-state index >= 15 is 0 Å². The van der Waals surface area contributed by atoms with Crippen LogP contribution in [0.4, 0.5) is 0 Å². The normalized spacial score (nSPS) is 12.0. The number of hydrogen-bond acceptors (Lipinski definition) is 4. The third-order valence-corrected chi connectivity index (χ3v) is 19.6. The summed E-state index contributed by atoms with van der Waals surface area (Å²) >= 11 is 0. The molecule has 0 N–H and O–H groups in total. The molecule has 0 spiro atoms. The zero-order valence-corrected chi connectivity index (χ0v) is 50.2. The highest BCUT2D eigenvalue weighted by Crippen LogP contribution is 2.47. The van der Waals surface area contributed by atoms with Gasteiger partial charge in [0.2, 0.25) is 0 Å². The van der Waals surface area contributed by atoms with Crippen molar-refractivity contribution in [2.45, 2.75) is 0 Å². The molecule has 0 aliphatic rings. The van der Waals surface area contributed by atoms with E-state index in [9.17, 15) is 10.5 Å². The van der Waals surface area contributed by atoms with E-state index in [0.717, 1.165) is 187 Å². The average Bonchev–Trinajstić information content (AvgIpc) is 1.57. The number of aromatic nitrogens is 4. The lowest BCUT2D eigenvalue weighted by Gasteiger charge is -2.16. The number of rotatable bonds is 7. The lowest BCUT2D eigenvalue weighted by molar-refractivity contribution is 0.672. The first kappa shape index (κ1) is 51.7. The third-order valence-electron chi connectivity index (χ3n) is 19.6. The first-order valence-electron chi connectivity index (χ1n) is 31.6. The SMILES string of the molecule is N#Cc1ccc(-n2c3ccccc3c3cc(-c4ccc(-n5c6cc(-c7c(C#N)cccc7-n7c8ccccc8c8ccccc87)ccc6c6c7oc8ccccc8c7ccc65)cc4)ccc32)c(-c2ccc3c4c5oc6ccccc6c5ccc4n(-c4ccccc4)c3c2)c1. The quantitative estimate of drug-likeness (QED) is 0.159. The zero-order valence-electron chi connectivity index (χ0n) is 50.2. The molecule has 0 unspecified atom stereocenters. The van der Waals surface area contributed by atoms with Gasteiger partial charge in [-0.3, -0.25) is 0 Å². The Kier molecular flexibility index (Phi) is 10.8. The van der Waals surface area contributed by atoms with Crippen molar-refractivity contribution in [2.24, 2.45) is 0 Å². The van der Waals surface area contributed by atoms with Crippen LogP contribution < -0.4 is 0 Å². The average molecular weight is 1200 g/mol. The van der Waals surface area contributed by atoms with Crippen LogP contribution in [-0.4, -0.2) is 18.3 Å². The molecule has 20 aromatic rings. The summed E-state index contributed by atoms with van der Waals surface area (Å²) in [6.07, 6.45) is 0. The molecule has 0 bridgehead atoms. The monoisotopic (exact) mass is 1200 g/mol. The third kappa shape index (κ3) is 7.30. The van der Waals surface area contributed by atoms with E-state index < -0.39 is 0 Å². The summed E-state index contributed by atoms with van der Waals surface area (Å²) < 4.78 is 22.9. The summed E-state index contributed by atoms with van der Waals surface area (Å²) in [6.45, 7) is 0. The molecule has 94 heavy (non-hydrogen) atoms. The van der Waals surface area contributed by atoms with Gasteiger partial charge in [-0.05, 0) is 156 Å². The second-order valence-corrected chi connectivity index (χ2v) is 24.5. The van der Waals surface area contributed by atoms with E-state index in [0.29, 0.717) is 11.1 Å². The highest BCUT2D eigenvalue weighted by Gasteiger charge is 2.26. The Morgan fingerprint density at radius 2 is 0.745 bits per heavy atom. The Bertz CT molecular complexity index is 6700. The van der Waals surface area contributed by atoms with Crippen LogP contribution in [0.15, 0.2) is 300 Å². The van der Waals surface area contributed by atoms with E-state index in [1.807, 2.05) is 48.5 Å². The van der Waals surface area contributed by atoms with Gasteiger partial charge in [0.05, 0.1) is 89.5 Å². The minimum Gasteiger partial charge on any atom is -0.455 e. The van der Waals surface area contributed by atoms with Crippen molar-refractivity contribution in [1.82, 2.24) is 18.3 Å². The molecular weight excluding hydrogens is 1150 g/mol. The molecule has 0 radical (unpaired) electrons. The topological polar surface area (TPSA) is 93.6 Å². The number of nitriles is 2. The van der Waals surface area contributed by atoms with E-state index in [2.05, 4.69) is 273 Å². The Hall–Kier alpha value is -13.1. The minimum atomic E-state index is 0.580. The molecule has 0 fully saturated rings. The minimum absolute atomic E-state index is 0.580. The van der Waals surface area contributed by atoms with Gasteiger partial charge in [-0.15, -0.1) is 0 Å². The number of nitrogens with zero attached hydrogens (tertiary/aromatic N) is 6. The molecular formula is C86H48N6O2. The summed E-state index contributed by atoms with van der Waals surface area (Å²) in [5.74, 6) is 0. The van der Waals surface area contributed by atoms with Crippen LogP contribution in [0, 0.1) is 22.7 Å². The molecule has 6 heterocycles. The lowest BCUT2D eigenvalue weighted by atomic mass is 9.96. The second-order valence-electron chi connectivity index (χ2n) is 24.5. The highest BCUT2D eigenvalue weighted by atomic mass is 16.3. The predicted octanol–water partition coefficient (Wildman–Crippen LogP) is 22.6. The first-order valence-corrected chi connectivity index (χ1v) is 31.6. The van der Waals surface area contributed by atoms with E-state index in [4.69, 9.17) is 8.83 Å². The number of furan rings is 2. The molecule has 434 valence electrons. The van der Waals surface area contributed by atoms with Crippen molar-refractivity contribution >= 4 is 131 Å². The summed E-state index contributed by atoms with van der Waals surface area (Å²) in [4.78, 5) is 0. The van der Waals surface area contributed by atoms with Crippen LogP contribution in [0.5, 0.6) is 0 Å². The number of fused-ring (bicyclic) bond motifs is 20. The lowest BCUT2D eigenvalue weighted by Crippen LogP contribution is -2.00. The maximum absolute atomic E-state index is 11.0. The van der Waals surface area contributed by atoms with Crippen LogP contribution in [0.1, 0.15) is 11.1 Å². The summed E-state index contributed by atoms with van der Waals surface area (Å²) in [7, 11) is 0. The van der Waals surface area contributed by atoms with Gasteiger partial charge in [0.25, 0.3) is 0 Å². The molecule has 0 aliphatic carbocycles. The van der Waals surface area contributed by atoms with Crippen molar-refractivity contribution < 1.29 is 8.83 Å². The fourth-order valence-electron chi connectivity index (χ4n) is 15.6. The molecule has 0 atom stereocenters. The van der Waals surface area contributed by atoms with Crippen molar-refractivity contribution in [3.05, 3.63) is 302 Å². The van der Waals surface area contributed by atoms with Gasteiger partial charge in [0, 0.05) is 76.4 Å². The van der Waals surface area contributed by atoms with Crippen LogP contribution in [0.2, 0.25) is 0 Å². The molecule has 0 aliphatic heterocycles. The van der Waals surface area contributed by atoms with Crippen LogP contribution in [-0.2, 0) is 0 Å². The van der Waals surface area contributed by atoms with Gasteiger partial charge in [0.1, 0.15) is 22.3 Å². The molecule has 14 aromatic carbocycles. The van der Waals surface area contributed by atoms with Crippen molar-refractivity contribution in [3.63, 3.8) is 0 Å². The molecule has 20 rings (SSSR count). The van der Waals surface area contributed by atoms with E-state index in [1.165, 1.54) is 0 Å².